The first-order valence-electron chi connectivity index (χ1n) is 8.40. The van der Waals surface area contributed by atoms with Gasteiger partial charge in [-0.1, -0.05) is 42.1 Å². The molecule has 6 nitrogen and oxygen atoms in total. The number of nitrogens with zero attached hydrogens (tertiary/aromatic N) is 2. The highest BCUT2D eigenvalue weighted by Crippen LogP contribution is 2.22. The second kappa shape index (κ2) is 8.96. The molecule has 1 aromatic carbocycles. The van der Waals surface area contributed by atoms with Crippen LogP contribution in [0.3, 0.4) is 0 Å². The minimum atomic E-state index is -0.536. The van der Waals surface area contributed by atoms with Crippen molar-refractivity contribution in [3.05, 3.63) is 57.7 Å². The Bertz CT molecular complexity index is 1010. The molecule has 0 bridgehead atoms. The van der Waals surface area contributed by atoms with Crippen LogP contribution in [-0.4, -0.2) is 33.7 Å². The fraction of sp³-hybridized carbons (Fsp3) is 0.263. The number of esters is 1. The fourth-order valence-corrected chi connectivity index (χ4v) is 4.14. The molecular weight excluding hydrogens is 384 g/mol. The van der Waals surface area contributed by atoms with Gasteiger partial charge in [0.2, 0.25) is 0 Å². The monoisotopic (exact) mass is 402 g/mol. The number of Topliss-reactive ketones (excluding diaryl/α,β-unsaturated/α-hetero) is 1. The highest BCUT2D eigenvalue weighted by Gasteiger charge is 2.16. The number of rotatable bonds is 8. The Morgan fingerprint density at radius 3 is 2.74 bits per heavy atom. The summed E-state index contributed by atoms with van der Waals surface area (Å²) in [7, 11) is 0. The highest BCUT2D eigenvalue weighted by atomic mass is 32.2. The molecule has 0 aliphatic heterocycles. The van der Waals surface area contributed by atoms with Crippen molar-refractivity contribution in [2.45, 2.75) is 25.0 Å². The molecule has 140 valence electrons. The molecule has 2 aromatic heterocycles. The molecule has 0 aliphatic carbocycles. The summed E-state index contributed by atoms with van der Waals surface area (Å²) in [5, 5.41) is 2.29. The normalized spacial score (nSPS) is 10.9. The van der Waals surface area contributed by atoms with Gasteiger partial charge in [-0.15, -0.1) is 11.3 Å². The number of thiophene rings is 1. The van der Waals surface area contributed by atoms with Gasteiger partial charge < -0.3 is 4.74 Å². The molecule has 3 rings (SSSR count). The van der Waals surface area contributed by atoms with E-state index in [-0.39, 0.29) is 30.1 Å². The zero-order valence-electron chi connectivity index (χ0n) is 14.7. The summed E-state index contributed by atoms with van der Waals surface area (Å²) >= 11 is 2.52. The Hall–Kier alpha value is -2.45. The minimum Gasteiger partial charge on any atom is -0.466 e. The molecule has 27 heavy (non-hydrogen) atoms. The minimum absolute atomic E-state index is 0.0513. The van der Waals surface area contributed by atoms with E-state index in [0.29, 0.717) is 21.9 Å². The molecule has 2 heterocycles. The summed E-state index contributed by atoms with van der Waals surface area (Å²) < 4.78 is 6.97. The first-order valence-corrected chi connectivity index (χ1v) is 10.3. The van der Waals surface area contributed by atoms with Crippen LogP contribution in [0.2, 0.25) is 0 Å². The molecule has 0 atom stereocenters. The molecular formula is C19H18N2O4S2. The second-order valence-corrected chi connectivity index (χ2v) is 7.57. The number of hydrogen-bond acceptors (Lipinski definition) is 7. The predicted molar refractivity (Wildman–Crippen MR) is 106 cm³/mol. The third-order valence-electron chi connectivity index (χ3n) is 3.72. The van der Waals surface area contributed by atoms with Crippen molar-refractivity contribution in [2.24, 2.45) is 0 Å². The topological polar surface area (TPSA) is 78.3 Å². The standard InChI is InChI=1S/C19H18N2O4S2/c1-2-25-16(23)10-14(22)12-27-19-20-15-8-9-26-17(15)18(24)21(19)11-13-6-4-3-5-7-13/h3-9H,2,10-12H2,1H3. The van der Waals surface area contributed by atoms with Crippen LogP contribution in [0.15, 0.2) is 51.7 Å². The number of benzene rings is 1. The Morgan fingerprint density at radius 2 is 2.00 bits per heavy atom. The maximum Gasteiger partial charge on any atom is 0.313 e. The fourth-order valence-electron chi connectivity index (χ4n) is 2.51. The van der Waals surface area contributed by atoms with E-state index in [4.69, 9.17) is 4.74 Å². The van der Waals surface area contributed by atoms with Gasteiger partial charge in [0, 0.05) is 0 Å². The quantitative estimate of drug-likeness (QED) is 0.249. The van der Waals surface area contributed by atoms with Gasteiger partial charge in [-0.2, -0.15) is 0 Å². The van der Waals surface area contributed by atoms with Gasteiger partial charge in [0.25, 0.3) is 5.56 Å². The molecule has 0 N–H and O–H groups in total. The van der Waals surface area contributed by atoms with Crippen molar-refractivity contribution in [3.63, 3.8) is 0 Å². The number of aromatic nitrogens is 2. The lowest BCUT2D eigenvalue weighted by atomic mass is 10.2. The number of fused-ring (bicyclic) bond motifs is 1. The molecule has 0 radical (unpaired) electrons. The van der Waals surface area contributed by atoms with Crippen LogP contribution >= 0.6 is 23.1 Å². The van der Waals surface area contributed by atoms with Crippen LogP contribution in [-0.2, 0) is 20.9 Å². The van der Waals surface area contributed by atoms with Crippen LogP contribution < -0.4 is 5.56 Å². The number of carbonyl (C=O) groups excluding carboxylic acids is 2. The van der Waals surface area contributed by atoms with Crippen molar-refractivity contribution in [3.8, 4) is 0 Å². The third kappa shape index (κ3) is 4.84. The number of thioether (sulfide) groups is 1. The van der Waals surface area contributed by atoms with Crippen LogP contribution in [0.5, 0.6) is 0 Å². The van der Waals surface area contributed by atoms with E-state index >= 15 is 0 Å². The molecule has 8 heteroatoms. The lowest BCUT2D eigenvalue weighted by Gasteiger charge is -2.12. The third-order valence-corrected chi connectivity index (χ3v) is 5.65. The highest BCUT2D eigenvalue weighted by molar-refractivity contribution is 7.99. The largest absolute Gasteiger partial charge is 0.466 e. The zero-order chi connectivity index (χ0) is 19.2. The molecule has 0 spiro atoms. The van der Waals surface area contributed by atoms with E-state index in [9.17, 15) is 14.4 Å². The van der Waals surface area contributed by atoms with Gasteiger partial charge >= 0.3 is 5.97 Å². The zero-order valence-corrected chi connectivity index (χ0v) is 16.3. The molecule has 0 unspecified atom stereocenters. The Balaban J connectivity index is 1.84. The summed E-state index contributed by atoms with van der Waals surface area (Å²) in [5.41, 5.74) is 1.46. The van der Waals surface area contributed by atoms with E-state index in [1.807, 2.05) is 35.7 Å². The van der Waals surface area contributed by atoms with E-state index in [1.54, 1.807) is 17.6 Å². The van der Waals surface area contributed by atoms with Crippen molar-refractivity contribution >= 4 is 45.1 Å². The molecule has 0 aliphatic rings. The summed E-state index contributed by atoms with van der Waals surface area (Å²) in [6.07, 6.45) is -0.273. The number of ketones is 1. The Morgan fingerprint density at radius 1 is 1.22 bits per heavy atom. The lowest BCUT2D eigenvalue weighted by molar-refractivity contribution is -0.145. The summed E-state index contributed by atoms with van der Waals surface area (Å²) in [5.74, 6) is -0.745. The van der Waals surface area contributed by atoms with Gasteiger partial charge in [-0.05, 0) is 23.9 Å². The van der Waals surface area contributed by atoms with E-state index in [2.05, 4.69) is 4.98 Å². The molecule has 0 amide bonds. The van der Waals surface area contributed by atoms with Crippen molar-refractivity contribution < 1.29 is 14.3 Å². The van der Waals surface area contributed by atoms with Gasteiger partial charge in [-0.3, -0.25) is 19.0 Å². The van der Waals surface area contributed by atoms with Crippen molar-refractivity contribution in [2.75, 3.05) is 12.4 Å². The second-order valence-electron chi connectivity index (χ2n) is 5.72. The van der Waals surface area contributed by atoms with Gasteiger partial charge in [0.15, 0.2) is 10.9 Å². The number of ether oxygens (including phenoxy) is 1. The first kappa shape index (κ1) is 19.3. The van der Waals surface area contributed by atoms with E-state index < -0.39 is 5.97 Å². The number of hydrogen-bond donors (Lipinski definition) is 0. The average Bonchev–Trinajstić information content (AvgIpc) is 3.12. The van der Waals surface area contributed by atoms with Crippen LogP contribution in [0.1, 0.15) is 18.9 Å². The summed E-state index contributed by atoms with van der Waals surface area (Å²) in [4.78, 5) is 40.9. The van der Waals surface area contributed by atoms with Gasteiger partial charge in [0.05, 0.1) is 24.4 Å². The van der Waals surface area contributed by atoms with Gasteiger partial charge in [-0.25, -0.2) is 4.98 Å². The summed E-state index contributed by atoms with van der Waals surface area (Å²) in [6, 6.07) is 11.4. The Labute approximate surface area is 164 Å². The smallest absolute Gasteiger partial charge is 0.313 e. The van der Waals surface area contributed by atoms with Crippen LogP contribution in [0, 0.1) is 0 Å². The maximum absolute atomic E-state index is 12.9. The first-order chi connectivity index (χ1) is 13.1. The lowest BCUT2D eigenvalue weighted by Crippen LogP contribution is -2.23. The van der Waals surface area contributed by atoms with Crippen molar-refractivity contribution in [1.82, 2.24) is 9.55 Å². The average molecular weight is 402 g/mol. The Kier molecular flexibility index (Phi) is 6.41. The molecule has 0 saturated carbocycles. The summed E-state index contributed by atoms with van der Waals surface area (Å²) in [6.45, 7) is 2.31. The molecule has 3 aromatic rings. The van der Waals surface area contributed by atoms with Crippen LogP contribution in [0.25, 0.3) is 10.2 Å². The van der Waals surface area contributed by atoms with E-state index in [1.165, 1.54) is 23.1 Å². The van der Waals surface area contributed by atoms with Gasteiger partial charge in [0.1, 0.15) is 11.1 Å². The van der Waals surface area contributed by atoms with Crippen molar-refractivity contribution in [1.29, 1.82) is 0 Å². The number of carbonyl (C=O) groups is 2. The molecule has 0 saturated heterocycles. The maximum atomic E-state index is 12.9. The SMILES string of the molecule is CCOC(=O)CC(=O)CSc1nc2ccsc2c(=O)n1Cc1ccccc1. The predicted octanol–water partition coefficient (Wildman–Crippen LogP) is 3.12. The molecule has 0 fully saturated rings. The van der Waals surface area contributed by atoms with E-state index in [0.717, 1.165) is 5.56 Å². The van der Waals surface area contributed by atoms with Crippen LogP contribution in [0.4, 0.5) is 0 Å².